The molecule has 5 nitrogen and oxygen atoms in total. The Hall–Kier alpha value is -1.56. The molecule has 0 unspecified atom stereocenters. The second kappa shape index (κ2) is 7.89. The molecule has 0 saturated heterocycles. The lowest BCUT2D eigenvalue weighted by Gasteiger charge is -2.14. The van der Waals surface area contributed by atoms with Gasteiger partial charge in [-0.2, -0.15) is 0 Å². The molecule has 1 aromatic rings. The van der Waals surface area contributed by atoms with Gasteiger partial charge in [-0.15, -0.1) is 0 Å². The highest BCUT2D eigenvalue weighted by molar-refractivity contribution is 7.98. The fourth-order valence-corrected chi connectivity index (χ4v) is 1.98. The second-order valence-corrected chi connectivity index (χ2v) is 5.22. The molecule has 6 heteroatoms. The van der Waals surface area contributed by atoms with Crippen LogP contribution in [-0.2, 0) is 9.53 Å². The molecule has 1 aromatic heterocycles. The van der Waals surface area contributed by atoms with Crippen molar-refractivity contribution in [2.75, 3.05) is 18.2 Å². The van der Waals surface area contributed by atoms with Crippen LogP contribution in [0.3, 0.4) is 0 Å². The minimum atomic E-state index is -0.365. The minimum absolute atomic E-state index is 0.244. The van der Waals surface area contributed by atoms with Gasteiger partial charge in [0.15, 0.2) is 5.16 Å². The van der Waals surface area contributed by atoms with E-state index in [1.807, 2.05) is 27.0 Å². The number of esters is 1. The number of thioether (sulfide) groups is 1. The maximum Gasteiger partial charge on any atom is 0.330 e. The first kappa shape index (κ1) is 16.5. The molecule has 0 fully saturated rings. The molecular formula is C14H21N3O2S. The van der Waals surface area contributed by atoms with Crippen LogP contribution >= 0.6 is 11.8 Å². The van der Waals surface area contributed by atoms with Gasteiger partial charge in [0.2, 0.25) is 0 Å². The van der Waals surface area contributed by atoms with Crippen molar-refractivity contribution in [2.24, 2.45) is 0 Å². The van der Waals surface area contributed by atoms with Crippen molar-refractivity contribution in [3.05, 3.63) is 17.3 Å². The third-order valence-electron chi connectivity index (χ3n) is 2.40. The zero-order valence-corrected chi connectivity index (χ0v) is 13.4. The SMILES string of the molecule is CCOC(=O)C=Cc1c(C)nc(SC)nc1NC(C)C. The Bertz CT molecular complexity index is 501. The van der Waals surface area contributed by atoms with E-state index in [4.69, 9.17) is 4.74 Å². The van der Waals surface area contributed by atoms with Crippen molar-refractivity contribution in [1.29, 1.82) is 0 Å². The number of ether oxygens (including phenoxy) is 1. The quantitative estimate of drug-likeness (QED) is 0.377. The van der Waals surface area contributed by atoms with E-state index in [1.165, 1.54) is 17.8 Å². The van der Waals surface area contributed by atoms with Crippen LogP contribution in [0, 0.1) is 6.92 Å². The van der Waals surface area contributed by atoms with Gasteiger partial charge in [0.25, 0.3) is 0 Å². The fraction of sp³-hybridized carbons (Fsp3) is 0.500. The van der Waals surface area contributed by atoms with Crippen LogP contribution in [0.25, 0.3) is 6.08 Å². The molecule has 0 amide bonds. The van der Waals surface area contributed by atoms with E-state index in [1.54, 1.807) is 13.0 Å². The summed E-state index contributed by atoms with van der Waals surface area (Å²) in [7, 11) is 0. The van der Waals surface area contributed by atoms with E-state index >= 15 is 0 Å². The first-order valence-electron chi connectivity index (χ1n) is 6.51. The molecule has 0 bridgehead atoms. The van der Waals surface area contributed by atoms with Crippen LogP contribution in [-0.4, -0.2) is 34.8 Å². The summed E-state index contributed by atoms with van der Waals surface area (Å²) in [6, 6.07) is 0.244. The van der Waals surface area contributed by atoms with Gasteiger partial charge >= 0.3 is 5.97 Å². The van der Waals surface area contributed by atoms with Crippen LogP contribution in [0.15, 0.2) is 11.2 Å². The smallest absolute Gasteiger partial charge is 0.330 e. The molecule has 20 heavy (non-hydrogen) atoms. The molecule has 1 N–H and O–H groups in total. The predicted octanol–water partition coefficient (Wildman–Crippen LogP) is 2.90. The summed E-state index contributed by atoms with van der Waals surface area (Å²) >= 11 is 1.49. The summed E-state index contributed by atoms with van der Waals surface area (Å²) in [6.07, 6.45) is 5.03. The Kier molecular flexibility index (Phi) is 6.51. The predicted molar refractivity (Wildman–Crippen MR) is 83.0 cm³/mol. The summed E-state index contributed by atoms with van der Waals surface area (Å²) in [6.45, 7) is 8.11. The van der Waals surface area contributed by atoms with Crippen LogP contribution in [0.2, 0.25) is 0 Å². The van der Waals surface area contributed by atoms with Crippen molar-refractivity contribution in [3.8, 4) is 0 Å². The molecule has 0 saturated carbocycles. The Morgan fingerprint density at radius 2 is 2.15 bits per heavy atom. The van der Waals surface area contributed by atoms with Gasteiger partial charge in [-0.25, -0.2) is 14.8 Å². The number of carbonyl (C=O) groups is 1. The number of nitrogens with zero attached hydrogens (tertiary/aromatic N) is 2. The zero-order valence-electron chi connectivity index (χ0n) is 12.6. The van der Waals surface area contributed by atoms with Crippen molar-refractivity contribution in [1.82, 2.24) is 9.97 Å². The summed E-state index contributed by atoms with van der Waals surface area (Å²) in [5.41, 5.74) is 1.64. The van der Waals surface area contributed by atoms with E-state index in [0.717, 1.165) is 17.1 Å². The van der Waals surface area contributed by atoms with Crippen molar-refractivity contribution in [2.45, 2.75) is 38.9 Å². The maximum atomic E-state index is 11.4. The van der Waals surface area contributed by atoms with Gasteiger partial charge in [0, 0.05) is 17.7 Å². The number of carbonyl (C=O) groups excluding carboxylic acids is 1. The molecule has 0 aliphatic carbocycles. The van der Waals surface area contributed by atoms with Gasteiger partial charge in [0.05, 0.1) is 12.3 Å². The molecule has 0 radical (unpaired) electrons. The third kappa shape index (κ3) is 4.85. The molecule has 0 aromatic carbocycles. The molecule has 0 atom stereocenters. The van der Waals surface area contributed by atoms with Gasteiger partial charge < -0.3 is 10.1 Å². The molecule has 0 aliphatic rings. The molecular weight excluding hydrogens is 274 g/mol. The normalized spacial score (nSPS) is 11.1. The lowest BCUT2D eigenvalue weighted by Crippen LogP contribution is -2.14. The number of rotatable bonds is 6. The van der Waals surface area contributed by atoms with E-state index < -0.39 is 0 Å². The van der Waals surface area contributed by atoms with Crippen LogP contribution in [0.4, 0.5) is 5.82 Å². The zero-order chi connectivity index (χ0) is 15.1. The molecule has 110 valence electrons. The number of hydrogen-bond donors (Lipinski definition) is 1. The minimum Gasteiger partial charge on any atom is -0.463 e. The first-order chi connectivity index (χ1) is 9.47. The van der Waals surface area contributed by atoms with Gasteiger partial charge in [-0.1, -0.05) is 11.8 Å². The number of aromatic nitrogens is 2. The van der Waals surface area contributed by atoms with Crippen LogP contribution in [0.1, 0.15) is 32.0 Å². The van der Waals surface area contributed by atoms with Crippen LogP contribution in [0.5, 0.6) is 0 Å². The van der Waals surface area contributed by atoms with E-state index in [-0.39, 0.29) is 12.0 Å². The molecule has 0 spiro atoms. The average molecular weight is 295 g/mol. The van der Waals surface area contributed by atoms with Crippen molar-refractivity contribution < 1.29 is 9.53 Å². The Labute approximate surface area is 124 Å². The summed E-state index contributed by atoms with van der Waals surface area (Å²) in [5, 5.41) is 3.98. The van der Waals surface area contributed by atoms with Gasteiger partial charge in [0.1, 0.15) is 5.82 Å². The summed E-state index contributed by atoms with van der Waals surface area (Å²) in [5.74, 6) is 0.369. The lowest BCUT2D eigenvalue weighted by molar-refractivity contribution is -0.137. The Morgan fingerprint density at radius 3 is 2.70 bits per heavy atom. The Morgan fingerprint density at radius 1 is 1.45 bits per heavy atom. The second-order valence-electron chi connectivity index (χ2n) is 4.44. The van der Waals surface area contributed by atoms with Crippen molar-refractivity contribution >= 4 is 29.6 Å². The Balaban J connectivity index is 3.12. The topological polar surface area (TPSA) is 64.1 Å². The highest BCUT2D eigenvalue weighted by atomic mass is 32.2. The third-order valence-corrected chi connectivity index (χ3v) is 2.94. The highest BCUT2D eigenvalue weighted by Gasteiger charge is 2.10. The highest BCUT2D eigenvalue weighted by Crippen LogP contribution is 2.22. The number of hydrogen-bond acceptors (Lipinski definition) is 6. The number of aryl methyl sites for hydroxylation is 1. The van der Waals surface area contributed by atoms with Gasteiger partial charge in [-0.3, -0.25) is 0 Å². The largest absolute Gasteiger partial charge is 0.463 e. The number of nitrogens with one attached hydrogen (secondary N) is 1. The maximum absolute atomic E-state index is 11.4. The van der Waals surface area contributed by atoms with Crippen LogP contribution < -0.4 is 5.32 Å². The van der Waals surface area contributed by atoms with E-state index in [0.29, 0.717) is 11.8 Å². The standard InChI is InChI=1S/C14H21N3O2S/c1-6-19-12(18)8-7-11-10(4)16-14(20-5)17-13(11)15-9(2)3/h7-9H,6H2,1-5H3,(H,15,16,17). The first-order valence-corrected chi connectivity index (χ1v) is 7.74. The lowest BCUT2D eigenvalue weighted by atomic mass is 10.2. The van der Waals surface area contributed by atoms with Crippen molar-refractivity contribution in [3.63, 3.8) is 0 Å². The average Bonchev–Trinajstić information content (AvgIpc) is 2.37. The monoisotopic (exact) mass is 295 g/mol. The van der Waals surface area contributed by atoms with E-state index in [9.17, 15) is 4.79 Å². The molecule has 1 rings (SSSR count). The van der Waals surface area contributed by atoms with E-state index in [2.05, 4.69) is 15.3 Å². The molecule has 1 heterocycles. The molecule has 0 aliphatic heterocycles. The number of anilines is 1. The van der Waals surface area contributed by atoms with Gasteiger partial charge in [-0.05, 0) is 40.0 Å². The summed E-state index contributed by atoms with van der Waals surface area (Å²) in [4.78, 5) is 20.3. The fourth-order valence-electron chi connectivity index (χ4n) is 1.57. The summed E-state index contributed by atoms with van der Waals surface area (Å²) < 4.78 is 4.88.